The normalized spacial score (nSPS) is 49.5. The van der Waals surface area contributed by atoms with Gasteiger partial charge in [0, 0.05) is 11.3 Å². The summed E-state index contributed by atoms with van der Waals surface area (Å²) in [6.07, 6.45) is -0.809. The minimum atomic E-state index is -1.64. The Balaban J connectivity index is 2.16. The van der Waals surface area contributed by atoms with Crippen molar-refractivity contribution in [3.8, 4) is 0 Å². The molecular formula is C21H32O4. The zero-order valence-corrected chi connectivity index (χ0v) is 16.2. The Labute approximate surface area is 150 Å². The van der Waals surface area contributed by atoms with Gasteiger partial charge in [0.2, 0.25) is 0 Å². The molecule has 1 aliphatic heterocycles. The lowest BCUT2D eigenvalue weighted by Gasteiger charge is -2.45. The predicted molar refractivity (Wildman–Crippen MR) is 97.3 cm³/mol. The van der Waals surface area contributed by atoms with Gasteiger partial charge in [-0.3, -0.25) is 0 Å². The van der Waals surface area contributed by atoms with E-state index in [0.29, 0.717) is 6.42 Å². The lowest BCUT2D eigenvalue weighted by molar-refractivity contribution is -0.182. The summed E-state index contributed by atoms with van der Waals surface area (Å²) in [7, 11) is 0. The van der Waals surface area contributed by atoms with Gasteiger partial charge in [0.05, 0.1) is 17.8 Å². The van der Waals surface area contributed by atoms with Crippen LogP contribution in [0.4, 0.5) is 0 Å². The van der Waals surface area contributed by atoms with Crippen LogP contribution in [0.15, 0.2) is 30.3 Å². The van der Waals surface area contributed by atoms with Crippen molar-refractivity contribution in [3.05, 3.63) is 35.9 Å². The molecule has 6 unspecified atom stereocenters. The Morgan fingerprint density at radius 3 is 2.12 bits per heavy atom. The molecule has 1 saturated carbocycles. The van der Waals surface area contributed by atoms with Gasteiger partial charge >= 0.3 is 0 Å². The minimum absolute atomic E-state index is 0.0463. The van der Waals surface area contributed by atoms with Crippen LogP contribution in [0.3, 0.4) is 0 Å². The average Bonchev–Trinajstić information content (AvgIpc) is 3.11. The van der Waals surface area contributed by atoms with Gasteiger partial charge in [-0.25, -0.2) is 0 Å². The lowest BCUT2D eigenvalue weighted by atomic mass is 9.71. The second-order valence-electron chi connectivity index (χ2n) is 9.15. The molecule has 0 aromatic heterocycles. The first-order chi connectivity index (χ1) is 11.4. The van der Waals surface area contributed by atoms with Crippen LogP contribution in [0.2, 0.25) is 0 Å². The van der Waals surface area contributed by atoms with Crippen LogP contribution >= 0.6 is 0 Å². The molecule has 0 radical (unpaired) electrons. The van der Waals surface area contributed by atoms with Crippen LogP contribution in [0.5, 0.6) is 0 Å². The predicted octanol–water partition coefficient (Wildman–Crippen LogP) is 2.86. The van der Waals surface area contributed by atoms with Crippen molar-refractivity contribution in [2.75, 3.05) is 0 Å². The zero-order valence-electron chi connectivity index (χ0n) is 16.2. The minimum Gasteiger partial charge on any atom is -0.389 e. The molecule has 2 fully saturated rings. The van der Waals surface area contributed by atoms with E-state index in [1.807, 2.05) is 58.0 Å². The lowest BCUT2D eigenvalue weighted by Crippen LogP contribution is -2.58. The molecule has 4 heteroatoms. The molecule has 4 nitrogen and oxygen atoms in total. The Morgan fingerprint density at radius 1 is 1.00 bits per heavy atom. The Morgan fingerprint density at radius 2 is 1.56 bits per heavy atom. The largest absolute Gasteiger partial charge is 0.389 e. The van der Waals surface area contributed by atoms with Crippen LogP contribution in [0, 0.1) is 11.3 Å². The Hall–Kier alpha value is -0.940. The molecule has 1 heterocycles. The number of hydrogen-bond donors (Lipinski definition) is 3. The van der Waals surface area contributed by atoms with E-state index >= 15 is 0 Å². The van der Waals surface area contributed by atoms with Gasteiger partial charge < -0.3 is 20.1 Å². The highest BCUT2D eigenvalue weighted by atomic mass is 16.5. The number of benzene rings is 1. The quantitative estimate of drug-likeness (QED) is 0.730. The van der Waals surface area contributed by atoms with Crippen molar-refractivity contribution in [1.82, 2.24) is 0 Å². The summed E-state index contributed by atoms with van der Waals surface area (Å²) in [5.74, 6) is -0.421. The molecule has 1 aromatic carbocycles. The van der Waals surface area contributed by atoms with Gasteiger partial charge in [-0.2, -0.15) is 0 Å². The summed E-state index contributed by atoms with van der Waals surface area (Å²) in [6, 6.07) is 9.64. The Bertz CT molecular complexity index is 641. The van der Waals surface area contributed by atoms with E-state index < -0.39 is 34.2 Å². The van der Waals surface area contributed by atoms with Gasteiger partial charge in [-0.15, -0.1) is 0 Å². The van der Waals surface area contributed by atoms with Crippen LogP contribution in [-0.4, -0.2) is 44.3 Å². The van der Waals surface area contributed by atoms with E-state index in [4.69, 9.17) is 4.74 Å². The van der Waals surface area contributed by atoms with Crippen molar-refractivity contribution in [2.24, 2.45) is 11.3 Å². The molecule has 0 spiro atoms. The van der Waals surface area contributed by atoms with Crippen molar-refractivity contribution in [2.45, 2.75) is 82.9 Å². The highest BCUT2D eigenvalue weighted by molar-refractivity contribution is 5.32. The summed E-state index contributed by atoms with van der Waals surface area (Å²) in [5, 5.41) is 33.9. The van der Waals surface area contributed by atoms with Crippen LogP contribution < -0.4 is 0 Å². The van der Waals surface area contributed by atoms with E-state index in [1.165, 1.54) is 0 Å². The van der Waals surface area contributed by atoms with Crippen LogP contribution in [0.25, 0.3) is 0 Å². The number of aliphatic hydroxyl groups is 3. The topological polar surface area (TPSA) is 69.9 Å². The highest BCUT2D eigenvalue weighted by Crippen LogP contribution is 2.68. The van der Waals surface area contributed by atoms with Crippen molar-refractivity contribution in [3.63, 3.8) is 0 Å². The van der Waals surface area contributed by atoms with E-state index in [-0.39, 0.29) is 12.0 Å². The maximum absolute atomic E-state index is 11.3. The molecular weight excluding hydrogens is 316 g/mol. The van der Waals surface area contributed by atoms with Gasteiger partial charge in [0.15, 0.2) is 0 Å². The zero-order chi connectivity index (χ0) is 18.8. The molecule has 140 valence electrons. The molecule has 3 rings (SSSR count). The smallest absolute Gasteiger partial charge is 0.117 e. The summed E-state index contributed by atoms with van der Waals surface area (Å²) in [4.78, 5) is 0. The first-order valence-electron chi connectivity index (χ1n) is 9.24. The second kappa shape index (κ2) is 5.53. The summed E-state index contributed by atoms with van der Waals surface area (Å²) < 4.78 is 6.43. The second-order valence-corrected chi connectivity index (χ2v) is 9.15. The van der Waals surface area contributed by atoms with E-state index in [9.17, 15) is 15.3 Å². The third-order valence-corrected chi connectivity index (χ3v) is 7.28. The SMILES string of the molecule is CC1OC(C)(C)C(c2ccccc2)C(O)C(C)(O)[C@]2(O)CC2(C)C1C. The number of aliphatic hydroxyl groups excluding tert-OH is 1. The summed E-state index contributed by atoms with van der Waals surface area (Å²) in [5.41, 5.74) is -3.26. The maximum atomic E-state index is 11.3. The molecule has 1 aliphatic carbocycles. The van der Waals surface area contributed by atoms with Gasteiger partial charge in [0.25, 0.3) is 0 Å². The molecule has 2 aliphatic rings. The van der Waals surface area contributed by atoms with Crippen LogP contribution in [0.1, 0.15) is 59.4 Å². The Kier molecular flexibility index (Phi) is 4.16. The fourth-order valence-electron chi connectivity index (χ4n) is 5.15. The van der Waals surface area contributed by atoms with Crippen molar-refractivity contribution >= 4 is 0 Å². The van der Waals surface area contributed by atoms with Gasteiger partial charge in [0.1, 0.15) is 11.2 Å². The maximum Gasteiger partial charge on any atom is 0.117 e. The van der Waals surface area contributed by atoms with E-state index in [0.717, 1.165) is 5.56 Å². The molecule has 1 aromatic rings. The first-order valence-corrected chi connectivity index (χ1v) is 9.24. The summed E-state index contributed by atoms with van der Waals surface area (Å²) in [6.45, 7) is 11.5. The van der Waals surface area contributed by atoms with Crippen molar-refractivity contribution in [1.29, 1.82) is 0 Å². The third kappa shape index (κ3) is 2.49. The molecule has 7 atom stereocenters. The van der Waals surface area contributed by atoms with E-state index in [2.05, 4.69) is 6.92 Å². The standard InChI is InChI=1S/C21H32O4/c1-13-14(2)25-18(3,4)16(15-10-8-7-9-11-15)17(22)20(6,23)21(24)12-19(13,21)5/h7-11,13-14,16-17,22-24H,12H2,1-6H3/t13?,14?,16?,17?,19?,20?,21-/m0/s1. The first kappa shape index (κ1) is 18.8. The molecule has 0 amide bonds. The monoisotopic (exact) mass is 348 g/mol. The summed E-state index contributed by atoms with van der Waals surface area (Å²) >= 11 is 0. The highest BCUT2D eigenvalue weighted by Gasteiger charge is 2.77. The molecule has 3 N–H and O–H groups in total. The number of hydrogen-bond acceptors (Lipinski definition) is 4. The van der Waals surface area contributed by atoms with Crippen molar-refractivity contribution < 1.29 is 20.1 Å². The number of ether oxygens (including phenoxy) is 1. The number of rotatable bonds is 1. The molecule has 0 bridgehead atoms. The fraction of sp³-hybridized carbons (Fsp3) is 0.714. The fourth-order valence-corrected chi connectivity index (χ4v) is 5.15. The van der Waals surface area contributed by atoms with Gasteiger partial charge in [-0.05, 0) is 45.6 Å². The third-order valence-electron chi connectivity index (χ3n) is 7.28. The van der Waals surface area contributed by atoms with Crippen LogP contribution in [-0.2, 0) is 4.74 Å². The number of fused-ring (bicyclic) bond motifs is 1. The molecule has 1 saturated heterocycles. The van der Waals surface area contributed by atoms with Gasteiger partial charge in [-0.1, -0.05) is 44.2 Å². The van der Waals surface area contributed by atoms with E-state index in [1.54, 1.807) is 6.92 Å². The molecule has 25 heavy (non-hydrogen) atoms. The average molecular weight is 348 g/mol.